The second kappa shape index (κ2) is 7.58. The van der Waals surface area contributed by atoms with E-state index in [0.29, 0.717) is 6.42 Å². The molecule has 0 saturated carbocycles. The molecule has 0 saturated heterocycles. The van der Waals surface area contributed by atoms with Gasteiger partial charge in [-0.1, -0.05) is 41.4 Å². The number of nitrogens with zero attached hydrogens (tertiary/aromatic N) is 2. The Hall–Kier alpha value is -1.86. The number of nitrogens with one attached hydrogen (secondary N) is 1. The summed E-state index contributed by atoms with van der Waals surface area (Å²) in [5.74, 6) is 0. The molecule has 0 atom stereocenters. The number of para-hydroxylation sites is 1. The van der Waals surface area contributed by atoms with Gasteiger partial charge in [0.15, 0.2) is 0 Å². The third-order valence-corrected chi connectivity index (χ3v) is 5.39. The topological polar surface area (TPSA) is 64.0 Å². The zero-order chi connectivity index (χ0) is 17.9. The predicted molar refractivity (Wildman–Crippen MR) is 98.9 cm³/mol. The summed E-state index contributed by atoms with van der Waals surface area (Å²) in [7, 11) is -3.67. The van der Waals surface area contributed by atoms with Gasteiger partial charge >= 0.3 is 0 Å². The van der Waals surface area contributed by atoms with Gasteiger partial charge in [0.1, 0.15) is 0 Å². The summed E-state index contributed by atoms with van der Waals surface area (Å²) >= 11 is 11.7. The van der Waals surface area contributed by atoms with Gasteiger partial charge in [-0.3, -0.25) is 0 Å². The maximum atomic E-state index is 12.3. The Kier molecular flexibility index (Phi) is 5.44. The molecule has 0 fully saturated rings. The van der Waals surface area contributed by atoms with E-state index in [0.717, 1.165) is 11.3 Å². The zero-order valence-electron chi connectivity index (χ0n) is 13.1. The Balaban J connectivity index is 1.64. The van der Waals surface area contributed by atoms with Crippen LogP contribution in [-0.2, 0) is 16.4 Å². The molecule has 3 aromatic rings. The number of hydrogen-bond acceptors (Lipinski definition) is 3. The summed E-state index contributed by atoms with van der Waals surface area (Å²) in [6.07, 6.45) is 4.11. The minimum Gasteiger partial charge on any atom is -0.241 e. The summed E-state index contributed by atoms with van der Waals surface area (Å²) in [5.41, 5.74) is 1.87. The number of sulfonamides is 1. The van der Waals surface area contributed by atoms with Crippen molar-refractivity contribution in [2.24, 2.45) is 0 Å². The Labute approximate surface area is 156 Å². The van der Waals surface area contributed by atoms with Crippen LogP contribution in [0.5, 0.6) is 0 Å². The lowest BCUT2D eigenvalue weighted by Gasteiger charge is -2.07. The summed E-state index contributed by atoms with van der Waals surface area (Å²) in [6, 6.07) is 13.9. The standard InChI is InChI=1S/C17H15Cl2N3O2S/c18-14-8-15(19)10-17(9-14)25(23,24)21-7-6-13-11-20-22(12-13)16-4-2-1-3-5-16/h1-5,8-12,21H,6-7H2. The highest BCUT2D eigenvalue weighted by Crippen LogP contribution is 2.22. The monoisotopic (exact) mass is 395 g/mol. The molecule has 3 rings (SSSR count). The van der Waals surface area contributed by atoms with Gasteiger partial charge in [-0.15, -0.1) is 0 Å². The van der Waals surface area contributed by atoms with Gasteiger partial charge in [-0.2, -0.15) is 5.10 Å². The Morgan fingerprint density at radius 3 is 2.40 bits per heavy atom. The first-order valence-electron chi connectivity index (χ1n) is 7.49. The van der Waals surface area contributed by atoms with Crippen LogP contribution in [0.3, 0.4) is 0 Å². The molecule has 0 spiro atoms. The zero-order valence-corrected chi connectivity index (χ0v) is 15.4. The van der Waals surface area contributed by atoms with Crippen molar-refractivity contribution >= 4 is 33.2 Å². The minimum atomic E-state index is -3.67. The molecule has 0 amide bonds. The van der Waals surface area contributed by atoms with E-state index in [1.54, 1.807) is 10.9 Å². The summed E-state index contributed by atoms with van der Waals surface area (Å²) < 4.78 is 28.9. The number of hydrogen-bond donors (Lipinski definition) is 1. The third-order valence-electron chi connectivity index (χ3n) is 3.51. The molecule has 1 N–H and O–H groups in total. The maximum absolute atomic E-state index is 12.3. The van der Waals surface area contributed by atoms with Crippen LogP contribution in [0.4, 0.5) is 0 Å². The fraction of sp³-hybridized carbons (Fsp3) is 0.118. The van der Waals surface area contributed by atoms with Gasteiger partial charge in [0, 0.05) is 22.8 Å². The van der Waals surface area contributed by atoms with Crippen LogP contribution in [0.2, 0.25) is 10.0 Å². The molecule has 130 valence electrons. The average Bonchev–Trinajstić information content (AvgIpc) is 3.03. The lowest BCUT2D eigenvalue weighted by atomic mass is 10.2. The molecule has 0 aliphatic heterocycles. The SMILES string of the molecule is O=S(=O)(NCCc1cnn(-c2ccccc2)c1)c1cc(Cl)cc(Cl)c1. The highest BCUT2D eigenvalue weighted by Gasteiger charge is 2.15. The summed E-state index contributed by atoms with van der Waals surface area (Å²) in [6.45, 7) is 0.243. The molecule has 0 bridgehead atoms. The maximum Gasteiger partial charge on any atom is 0.240 e. The highest BCUT2D eigenvalue weighted by atomic mass is 35.5. The van der Waals surface area contributed by atoms with Crippen LogP contribution < -0.4 is 4.72 Å². The quantitative estimate of drug-likeness (QED) is 0.691. The molecule has 0 aliphatic rings. The van der Waals surface area contributed by atoms with E-state index in [2.05, 4.69) is 9.82 Å². The van der Waals surface area contributed by atoms with Crippen molar-refractivity contribution in [2.45, 2.75) is 11.3 Å². The molecule has 0 aliphatic carbocycles. The molecule has 5 nitrogen and oxygen atoms in total. The van der Waals surface area contributed by atoms with E-state index in [1.807, 2.05) is 36.5 Å². The molecule has 1 heterocycles. The molecule has 1 aromatic heterocycles. The molecule has 0 unspecified atom stereocenters. The molecule has 2 aromatic carbocycles. The van der Waals surface area contributed by atoms with Crippen LogP contribution in [-0.4, -0.2) is 24.7 Å². The second-order valence-corrected chi connectivity index (χ2v) is 8.02. The van der Waals surface area contributed by atoms with Gasteiger partial charge in [-0.05, 0) is 42.3 Å². The van der Waals surface area contributed by atoms with E-state index in [1.165, 1.54) is 18.2 Å². The first-order valence-corrected chi connectivity index (χ1v) is 9.73. The van der Waals surface area contributed by atoms with Crippen LogP contribution in [0.15, 0.2) is 65.8 Å². The number of rotatable bonds is 6. The predicted octanol–water partition coefficient (Wildman–Crippen LogP) is 3.70. The first-order chi connectivity index (χ1) is 11.9. The van der Waals surface area contributed by atoms with Crippen molar-refractivity contribution in [1.29, 1.82) is 0 Å². The van der Waals surface area contributed by atoms with Crippen molar-refractivity contribution in [1.82, 2.24) is 14.5 Å². The van der Waals surface area contributed by atoms with Gasteiger partial charge in [0.2, 0.25) is 10.0 Å². The van der Waals surface area contributed by atoms with E-state index < -0.39 is 10.0 Å². The van der Waals surface area contributed by atoms with Crippen LogP contribution in [0.1, 0.15) is 5.56 Å². The lowest BCUT2D eigenvalue weighted by Crippen LogP contribution is -2.26. The Morgan fingerprint density at radius 2 is 1.72 bits per heavy atom. The Bertz CT molecular complexity index is 952. The van der Waals surface area contributed by atoms with Crippen molar-refractivity contribution < 1.29 is 8.42 Å². The molecule has 0 radical (unpaired) electrons. The van der Waals surface area contributed by atoms with Crippen LogP contribution >= 0.6 is 23.2 Å². The average molecular weight is 396 g/mol. The molecular weight excluding hydrogens is 381 g/mol. The van der Waals surface area contributed by atoms with Gasteiger partial charge in [0.05, 0.1) is 16.8 Å². The number of halogens is 2. The van der Waals surface area contributed by atoms with Gasteiger partial charge < -0.3 is 0 Å². The number of benzene rings is 2. The van der Waals surface area contributed by atoms with Crippen molar-refractivity contribution in [2.75, 3.05) is 6.54 Å². The fourth-order valence-electron chi connectivity index (χ4n) is 2.31. The molecule has 25 heavy (non-hydrogen) atoms. The van der Waals surface area contributed by atoms with E-state index in [4.69, 9.17) is 23.2 Å². The largest absolute Gasteiger partial charge is 0.241 e. The first kappa shape index (κ1) is 17.9. The van der Waals surface area contributed by atoms with E-state index >= 15 is 0 Å². The fourth-order valence-corrected chi connectivity index (χ4v) is 4.06. The van der Waals surface area contributed by atoms with Crippen LogP contribution in [0, 0.1) is 0 Å². The van der Waals surface area contributed by atoms with Crippen molar-refractivity contribution in [3.63, 3.8) is 0 Å². The highest BCUT2D eigenvalue weighted by molar-refractivity contribution is 7.89. The molecule has 8 heteroatoms. The van der Waals surface area contributed by atoms with Gasteiger partial charge in [-0.25, -0.2) is 17.8 Å². The smallest absolute Gasteiger partial charge is 0.240 e. The summed E-state index contributed by atoms with van der Waals surface area (Å²) in [4.78, 5) is 0.0463. The minimum absolute atomic E-state index is 0.0463. The van der Waals surface area contributed by atoms with Crippen LogP contribution in [0.25, 0.3) is 5.69 Å². The summed E-state index contributed by atoms with van der Waals surface area (Å²) in [5, 5.41) is 4.84. The Morgan fingerprint density at radius 1 is 1.04 bits per heavy atom. The van der Waals surface area contributed by atoms with Gasteiger partial charge in [0.25, 0.3) is 0 Å². The normalized spacial score (nSPS) is 11.6. The van der Waals surface area contributed by atoms with E-state index in [-0.39, 0.29) is 21.5 Å². The van der Waals surface area contributed by atoms with Crippen molar-refractivity contribution in [3.8, 4) is 5.69 Å². The van der Waals surface area contributed by atoms with E-state index in [9.17, 15) is 8.42 Å². The second-order valence-electron chi connectivity index (χ2n) is 5.38. The van der Waals surface area contributed by atoms with Crippen molar-refractivity contribution in [3.05, 3.63) is 76.5 Å². The lowest BCUT2D eigenvalue weighted by molar-refractivity contribution is 0.581. The molecular formula is C17H15Cl2N3O2S. The number of aromatic nitrogens is 2. The third kappa shape index (κ3) is 4.61.